The van der Waals surface area contributed by atoms with Crippen LogP contribution in [0, 0.1) is 20.8 Å². The normalized spacial score (nSPS) is 16.5. The number of fused-ring (bicyclic) bond motifs is 1. The highest BCUT2D eigenvalue weighted by molar-refractivity contribution is 7.98. The van der Waals surface area contributed by atoms with Crippen molar-refractivity contribution in [1.29, 1.82) is 0 Å². The molecular weight excluding hydrogens is 504 g/mol. The van der Waals surface area contributed by atoms with Crippen molar-refractivity contribution >= 4 is 23.5 Å². The van der Waals surface area contributed by atoms with Crippen LogP contribution in [0.5, 0.6) is 5.75 Å². The largest absolute Gasteiger partial charge is 0.489 e. The van der Waals surface area contributed by atoms with Crippen LogP contribution in [0.25, 0.3) is 0 Å². The van der Waals surface area contributed by atoms with Crippen molar-refractivity contribution in [2.45, 2.75) is 63.6 Å². The Labute approximate surface area is 233 Å². The Morgan fingerprint density at radius 3 is 2.54 bits per heavy atom. The van der Waals surface area contributed by atoms with Gasteiger partial charge in [0.1, 0.15) is 18.4 Å². The molecule has 1 N–H and O–H groups in total. The number of carbonyl (C=O) groups is 1. The number of carbonyl (C=O) groups excluding carboxylic acids is 1. The number of aryl methyl sites for hydroxylation is 3. The summed E-state index contributed by atoms with van der Waals surface area (Å²) < 4.78 is 8.03. The molecule has 7 heteroatoms. The van der Waals surface area contributed by atoms with Gasteiger partial charge in [0.2, 0.25) is 11.1 Å². The zero-order valence-corrected chi connectivity index (χ0v) is 23.3. The van der Waals surface area contributed by atoms with Crippen molar-refractivity contribution < 1.29 is 9.53 Å². The number of nitrogens with zero attached hydrogens (tertiary/aromatic N) is 3. The summed E-state index contributed by atoms with van der Waals surface area (Å²) >= 11 is 1.60. The summed E-state index contributed by atoms with van der Waals surface area (Å²) in [5, 5.41) is 8.98. The molecule has 1 aromatic heterocycles. The molecule has 198 valence electrons. The van der Waals surface area contributed by atoms with E-state index < -0.39 is 0 Å². The van der Waals surface area contributed by atoms with E-state index in [9.17, 15) is 4.79 Å². The Kier molecular flexibility index (Phi) is 7.00. The zero-order chi connectivity index (χ0) is 26.9. The first-order valence-electron chi connectivity index (χ1n) is 13.4. The number of ether oxygens (including phenoxy) is 1. The molecule has 4 aromatic rings. The second kappa shape index (κ2) is 10.7. The number of Topliss-reactive ketones (excluding diaryl/α,β-unsaturated/α-hetero) is 1. The van der Waals surface area contributed by atoms with E-state index in [-0.39, 0.29) is 11.8 Å². The molecular formula is C32H32N4O2S. The molecule has 1 atom stereocenters. The molecule has 1 unspecified atom stereocenters. The quantitative estimate of drug-likeness (QED) is 0.254. The molecule has 0 fully saturated rings. The Balaban J connectivity index is 1.26. The van der Waals surface area contributed by atoms with Gasteiger partial charge in [0.25, 0.3) is 0 Å². The molecule has 1 aliphatic heterocycles. The molecule has 6 rings (SSSR count). The third kappa shape index (κ3) is 5.23. The van der Waals surface area contributed by atoms with E-state index in [1.807, 2.05) is 47.1 Å². The molecule has 0 spiro atoms. The minimum atomic E-state index is -0.307. The van der Waals surface area contributed by atoms with E-state index in [0.717, 1.165) is 41.2 Å². The van der Waals surface area contributed by atoms with Crippen LogP contribution in [0.15, 0.2) is 83.2 Å². The summed E-state index contributed by atoms with van der Waals surface area (Å²) in [7, 11) is 0. The van der Waals surface area contributed by atoms with Crippen LogP contribution in [0.2, 0.25) is 0 Å². The summed E-state index contributed by atoms with van der Waals surface area (Å²) in [5.41, 5.74) is 8.99. The lowest BCUT2D eigenvalue weighted by molar-refractivity contribution is -0.116. The van der Waals surface area contributed by atoms with E-state index in [2.05, 4.69) is 50.4 Å². The number of allylic oxidation sites excluding steroid dienone is 2. The highest BCUT2D eigenvalue weighted by Crippen LogP contribution is 2.41. The maximum Gasteiger partial charge on any atom is 0.227 e. The number of rotatable bonds is 7. The van der Waals surface area contributed by atoms with Gasteiger partial charge in [-0.3, -0.25) is 4.79 Å². The maximum atomic E-state index is 13.2. The van der Waals surface area contributed by atoms with Crippen molar-refractivity contribution in [1.82, 2.24) is 14.8 Å². The van der Waals surface area contributed by atoms with E-state index in [1.54, 1.807) is 11.8 Å². The lowest BCUT2D eigenvalue weighted by atomic mass is 9.85. The van der Waals surface area contributed by atoms with Gasteiger partial charge in [-0.2, -0.15) is 4.98 Å². The smallest absolute Gasteiger partial charge is 0.227 e. The molecule has 0 saturated heterocycles. The first kappa shape index (κ1) is 25.4. The molecule has 6 nitrogen and oxygen atoms in total. The molecule has 3 aromatic carbocycles. The minimum Gasteiger partial charge on any atom is -0.489 e. The van der Waals surface area contributed by atoms with E-state index in [1.165, 1.54) is 27.8 Å². The lowest BCUT2D eigenvalue weighted by Crippen LogP contribution is -2.31. The van der Waals surface area contributed by atoms with Gasteiger partial charge in [0.15, 0.2) is 5.78 Å². The van der Waals surface area contributed by atoms with Crippen LogP contribution in [-0.2, 0) is 17.2 Å². The molecule has 39 heavy (non-hydrogen) atoms. The second-order valence-electron chi connectivity index (χ2n) is 10.4. The van der Waals surface area contributed by atoms with Crippen molar-refractivity contribution in [2.24, 2.45) is 0 Å². The fourth-order valence-corrected chi connectivity index (χ4v) is 6.10. The first-order valence-corrected chi connectivity index (χ1v) is 14.4. The van der Waals surface area contributed by atoms with E-state index in [4.69, 9.17) is 14.8 Å². The SMILES string of the molecule is Cc1cc(C)c(COc2ccc(C3C4=C(CCCC4=O)Nc4nc(SCc5ccccc5)nn43)cc2)cc1C. The molecule has 2 aliphatic rings. The van der Waals surface area contributed by atoms with Crippen LogP contribution in [0.1, 0.15) is 58.7 Å². The molecule has 1 aliphatic carbocycles. The van der Waals surface area contributed by atoms with Gasteiger partial charge in [-0.25, -0.2) is 4.68 Å². The van der Waals surface area contributed by atoms with Gasteiger partial charge in [0.05, 0.1) is 0 Å². The number of hydrogen-bond donors (Lipinski definition) is 1. The molecule has 0 bridgehead atoms. The first-order chi connectivity index (χ1) is 19.0. The summed E-state index contributed by atoms with van der Waals surface area (Å²) in [5.74, 6) is 2.45. The van der Waals surface area contributed by atoms with E-state index >= 15 is 0 Å². The van der Waals surface area contributed by atoms with Gasteiger partial charge >= 0.3 is 0 Å². The number of anilines is 1. The number of ketones is 1. The highest BCUT2D eigenvalue weighted by Gasteiger charge is 2.36. The van der Waals surface area contributed by atoms with E-state index in [0.29, 0.717) is 24.1 Å². The van der Waals surface area contributed by atoms with Crippen molar-refractivity contribution in [2.75, 3.05) is 5.32 Å². The predicted molar refractivity (Wildman–Crippen MR) is 155 cm³/mol. The van der Waals surface area contributed by atoms with Crippen molar-refractivity contribution in [3.63, 3.8) is 0 Å². The fraction of sp³-hybridized carbons (Fsp3) is 0.281. The van der Waals surface area contributed by atoms with Gasteiger partial charge in [0, 0.05) is 23.4 Å². The Morgan fingerprint density at radius 1 is 0.974 bits per heavy atom. The summed E-state index contributed by atoms with van der Waals surface area (Å²) in [6.07, 6.45) is 2.26. The number of aromatic nitrogens is 3. The summed E-state index contributed by atoms with van der Waals surface area (Å²) in [6.45, 7) is 6.91. The molecule has 0 saturated carbocycles. The van der Waals surface area contributed by atoms with Gasteiger partial charge in [-0.15, -0.1) is 5.10 Å². The average Bonchev–Trinajstić information content (AvgIpc) is 3.36. The lowest BCUT2D eigenvalue weighted by Gasteiger charge is -2.32. The van der Waals surface area contributed by atoms with Gasteiger partial charge in [-0.1, -0.05) is 66.4 Å². The Hall–Kier alpha value is -3.84. The van der Waals surface area contributed by atoms with Gasteiger partial charge in [-0.05, 0) is 79.1 Å². The van der Waals surface area contributed by atoms with Crippen LogP contribution >= 0.6 is 11.8 Å². The van der Waals surface area contributed by atoms with Crippen LogP contribution in [0.3, 0.4) is 0 Å². The maximum absolute atomic E-state index is 13.2. The van der Waals surface area contributed by atoms with Crippen LogP contribution in [-0.4, -0.2) is 20.5 Å². The third-order valence-corrected chi connectivity index (χ3v) is 8.51. The molecule has 0 radical (unpaired) electrons. The topological polar surface area (TPSA) is 69.0 Å². The monoisotopic (exact) mass is 536 g/mol. The number of thioether (sulfide) groups is 1. The van der Waals surface area contributed by atoms with Crippen LogP contribution < -0.4 is 10.1 Å². The van der Waals surface area contributed by atoms with Crippen molar-refractivity contribution in [3.05, 3.63) is 111 Å². The third-order valence-electron chi connectivity index (χ3n) is 7.60. The highest BCUT2D eigenvalue weighted by atomic mass is 32.2. The second-order valence-corrected chi connectivity index (χ2v) is 11.3. The van der Waals surface area contributed by atoms with Gasteiger partial charge < -0.3 is 10.1 Å². The molecule has 0 amide bonds. The summed E-state index contributed by atoms with van der Waals surface area (Å²) in [4.78, 5) is 18.0. The average molecular weight is 537 g/mol. The molecule has 2 heterocycles. The Bertz CT molecular complexity index is 1560. The Morgan fingerprint density at radius 2 is 1.74 bits per heavy atom. The minimum absolute atomic E-state index is 0.180. The number of hydrogen-bond acceptors (Lipinski definition) is 6. The van der Waals surface area contributed by atoms with Crippen LogP contribution in [0.4, 0.5) is 5.95 Å². The predicted octanol–water partition coefficient (Wildman–Crippen LogP) is 7.10. The number of benzene rings is 3. The fourth-order valence-electron chi connectivity index (χ4n) is 5.31. The van der Waals surface area contributed by atoms with Crippen molar-refractivity contribution in [3.8, 4) is 5.75 Å². The standard InChI is InChI=1S/C32H32N4O2S/c1-20-16-22(3)25(17-21(20)2)18-38-26-14-12-24(13-15-26)30-29-27(10-7-11-28(29)37)33-31-34-32(35-36(30)31)39-19-23-8-5-4-6-9-23/h4-6,8-9,12-17,30H,7,10-11,18-19H2,1-3H3,(H,33,34,35). The zero-order valence-electron chi connectivity index (χ0n) is 22.5. The number of nitrogens with one attached hydrogen (secondary N) is 1. The summed E-state index contributed by atoms with van der Waals surface area (Å²) in [6, 6.07) is 22.5.